The van der Waals surface area contributed by atoms with Gasteiger partial charge in [0, 0.05) is 18.7 Å². The van der Waals surface area contributed by atoms with Crippen molar-refractivity contribution in [2.75, 3.05) is 13.1 Å². The van der Waals surface area contributed by atoms with Gasteiger partial charge in [-0.25, -0.2) is 0 Å². The van der Waals surface area contributed by atoms with Gasteiger partial charge in [-0.3, -0.25) is 9.59 Å². The minimum atomic E-state index is -0.345. The SMILES string of the molecule is C[C@@H]1CN(C(=O)c2ccc(C3(C#N)CC3)cc2)C[C@H]1C(N)=O. The van der Waals surface area contributed by atoms with E-state index in [0.717, 1.165) is 18.4 Å². The molecule has 0 unspecified atom stereocenters. The Morgan fingerprint density at radius 2 is 1.91 bits per heavy atom. The van der Waals surface area contributed by atoms with E-state index < -0.39 is 0 Å². The summed E-state index contributed by atoms with van der Waals surface area (Å²) in [5.74, 6) is -0.600. The summed E-state index contributed by atoms with van der Waals surface area (Å²) >= 11 is 0. The molecule has 114 valence electrons. The molecule has 2 amide bonds. The van der Waals surface area contributed by atoms with Gasteiger partial charge in [0.25, 0.3) is 5.91 Å². The summed E-state index contributed by atoms with van der Waals surface area (Å²) in [4.78, 5) is 25.6. The van der Waals surface area contributed by atoms with E-state index >= 15 is 0 Å². The van der Waals surface area contributed by atoms with Crippen LogP contribution in [0.2, 0.25) is 0 Å². The maximum atomic E-state index is 12.5. The predicted molar refractivity (Wildman–Crippen MR) is 80.7 cm³/mol. The Hall–Kier alpha value is -2.35. The molecule has 1 aliphatic heterocycles. The highest BCUT2D eigenvalue weighted by atomic mass is 16.2. The molecular weight excluding hydrogens is 278 g/mol. The number of rotatable bonds is 3. The smallest absolute Gasteiger partial charge is 0.253 e. The summed E-state index contributed by atoms with van der Waals surface area (Å²) in [5.41, 5.74) is 6.61. The van der Waals surface area contributed by atoms with E-state index in [2.05, 4.69) is 6.07 Å². The molecular formula is C17H19N3O2. The minimum Gasteiger partial charge on any atom is -0.369 e. The maximum Gasteiger partial charge on any atom is 0.253 e. The number of benzene rings is 1. The first kappa shape index (κ1) is 14.6. The molecule has 2 aliphatic rings. The zero-order valence-electron chi connectivity index (χ0n) is 12.6. The zero-order chi connectivity index (χ0) is 15.9. The van der Waals surface area contributed by atoms with Gasteiger partial charge < -0.3 is 10.6 Å². The summed E-state index contributed by atoms with van der Waals surface area (Å²) in [6, 6.07) is 9.64. The average molecular weight is 297 g/mol. The van der Waals surface area contributed by atoms with E-state index in [1.807, 2.05) is 19.1 Å². The van der Waals surface area contributed by atoms with Gasteiger partial charge in [0.2, 0.25) is 5.91 Å². The molecule has 0 spiro atoms. The molecule has 1 saturated heterocycles. The van der Waals surface area contributed by atoms with Crippen LogP contribution >= 0.6 is 0 Å². The Morgan fingerprint density at radius 3 is 2.36 bits per heavy atom. The fourth-order valence-electron chi connectivity index (χ4n) is 3.21. The van der Waals surface area contributed by atoms with Gasteiger partial charge in [-0.05, 0) is 36.5 Å². The molecule has 22 heavy (non-hydrogen) atoms. The number of hydrogen-bond acceptors (Lipinski definition) is 3. The summed E-state index contributed by atoms with van der Waals surface area (Å²) in [6.07, 6.45) is 1.78. The number of nitrogens with zero attached hydrogens (tertiary/aromatic N) is 2. The summed E-state index contributed by atoms with van der Waals surface area (Å²) < 4.78 is 0. The molecule has 1 aromatic carbocycles. The Labute approximate surface area is 129 Å². The average Bonchev–Trinajstić information content (AvgIpc) is 3.22. The highest BCUT2D eigenvalue weighted by molar-refractivity contribution is 5.95. The number of hydrogen-bond donors (Lipinski definition) is 1. The molecule has 1 saturated carbocycles. The Kier molecular flexibility index (Phi) is 3.40. The Bertz CT molecular complexity index is 655. The van der Waals surface area contributed by atoms with Crippen LogP contribution in [-0.2, 0) is 10.2 Å². The first-order valence-corrected chi connectivity index (χ1v) is 7.57. The van der Waals surface area contributed by atoms with Crippen molar-refractivity contribution in [1.82, 2.24) is 4.90 Å². The molecule has 2 fully saturated rings. The van der Waals surface area contributed by atoms with Crippen molar-refractivity contribution in [3.05, 3.63) is 35.4 Å². The number of carbonyl (C=O) groups is 2. The first-order valence-electron chi connectivity index (χ1n) is 7.57. The van der Waals surface area contributed by atoms with Crippen LogP contribution in [0.1, 0.15) is 35.7 Å². The van der Waals surface area contributed by atoms with Gasteiger partial charge in [-0.15, -0.1) is 0 Å². The lowest BCUT2D eigenvalue weighted by molar-refractivity contribution is -0.122. The van der Waals surface area contributed by atoms with E-state index in [1.165, 1.54) is 0 Å². The Balaban J connectivity index is 1.74. The molecule has 5 nitrogen and oxygen atoms in total. The van der Waals surface area contributed by atoms with Crippen LogP contribution in [0.4, 0.5) is 0 Å². The van der Waals surface area contributed by atoms with Crippen molar-refractivity contribution in [2.24, 2.45) is 17.6 Å². The molecule has 3 rings (SSSR count). The third kappa shape index (κ3) is 2.35. The first-order chi connectivity index (χ1) is 10.5. The second-order valence-corrected chi connectivity index (χ2v) is 6.47. The second kappa shape index (κ2) is 5.13. The van der Waals surface area contributed by atoms with Crippen LogP contribution in [0.3, 0.4) is 0 Å². The third-order valence-electron chi connectivity index (χ3n) is 4.91. The fourth-order valence-corrected chi connectivity index (χ4v) is 3.21. The lowest BCUT2D eigenvalue weighted by Gasteiger charge is -2.16. The number of primary amides is 1. The lowest BCUT2D eigenvalue weighted by atomic mass is 9.96. The maximum absolute atomic E-state index is 12.5. The van der Waals surface area contributed by atoms with Crippen molar-refractivity contribution in [1.29, 1.82) is 5.26 Å². The van der Waals surface area contributed by atoms with Crippen LogP contribution in [0.15, 0.2) is 24.3 Å². The van der Waals surface area contributed by atoms with Crippen molar-refractivity contribution < 1.29 is 9.59 Å². The molecule has 2 N–H and O–H groups in total. The summed E-state index contributed by atoms with van der Waals surface area (Å²) in [7, 11) is 0. The summed E-state index contributed by atoms with van der Waals surface area (Å²) in [6.45, 7) is 2.88. The van der Waals surface area contributed by atoms with Gasteiger partial charge in [-0.1, -0.05) is 19.1 Å². The van der Waals surface area contributed by atoms with Crippen LogP contribution < -0.4 is 5.73 Å². The molecule has 1 aliphatic carbocycles. The monoisotopic (exact) mass is 297 g/mol. The van der Waals surface area contributed by atoms with E-state index in [4.69, 9.17) is 5.73 Å². The molecule has 1 heterocycles. The highest BCUT2D eigenvalue weighted by Crippen LogP contribution is 2.47. The van der Waals surface area contributed by atoms with Crippen LogP contribution in [0, 0.1) is 23.2 Å². The predicted octanol–water partition coefficient (Wildman–Crippen LogP) is 1.44. The topological polar surface area (TPSA) is 87.2 Å². The van der Waals surface area contributed by atoms with E-state index in [9.17, 15) is 14.9 Å². The molecule has 0 aromatic heterocycles. The molecule has 0 bridgehead atoms. The number of nitrogens with two attached hydrogens (primary N) is 1. The second-order valence-electron chi connectivity index (χ2n) is 6.47. The lowest BCUT2D eigenvalue weighted by Crippen LogP contribution is -2.32. The minimum absolute atomic E-state index is 0.0797. The standard InChI is InChI=1S/C17H19N3O2/c1-11-8-20(9-14(11)15(19)21)16(22)12-2-4-13(5-3-12)17(10-18)6-7-17/h2-5,11,14H,6-9H2,1H3,(H2,19,21)/t11-,14-/m1/s1. The van der Waals surface area contributed by atoms with Crippen molar-refractivity contribution >= 4 is 11.8 Å². The number of nitriles is 1. The van der Waals surface area contributed by atoms with Crippen molar-refractivity contribution in [2.45, 2.75) is 25.2 Å². The number of amides is 2. The quantitative estimate of drug-likeness (QED) is 0.915. The third-order valence-corrected chi connectivity index (χ3v) is 4.91. The van der Waals surface area contributed by atoms with Gasteiger partial charge in [-0.2, -0.15) is 5.26 Å². The van der Waals surface area contributed by atoms with Crippen LogP contribution in [0.5, 0.6) is 0 Å². The van der Waals surface area contributed by atoms with Crippen molar-refractivity contribution in [3.8, 4) is 6.07 Å². The van der Waals surface area contributed by atoms with Gasteiger partial charge in [0.05, 0.1) is 17.4 Å². The normalized spacial score (nSPS) is 25.5. The fraction of sp³-hybridized carbons (Fsp3) is 0.471. The van der Waals surface area contributed by atoms with Gasteiger partial charge in [0.15, 0.2) is 0 Å². The molecule has 5 heteroatoms. The van der Waals surface area contributed by atoms with Gasteiger partial charge >= 0.3 is 0 Å². The largest absolute Gasteiger partial charge is 0.369 e. The van der Waals surface area contributed by atoms with E-state index in [-0.39, 0.29) is 29.1 Å². The van der Waals surface area contributed by atoms with Crippen molar-refractivity contribution in [3.63, 3.8) is 0 Å². The molecule has 2 atom stereocenters. The summed E-state index contributed by atoms with van der Waals surface area (Å²) in [5, 5.41) is 9.20. The van der Waals surface area contributed by atoms with Crippen LogP contribution in [0.25, 0.3) is 0 Å². The van der Waals surface area contributed by atoms with E-state index in [0.29, 0.717) is 18.7 Å². The molecule has 1 aromatic rings. The van der Waals surface area contributed by atoms with Crippen LogP contribution in [-0.4, -0.2) is 29.8 Å². The molecule has 0 radical (unpaired) electrons. The van der Waals surface area contributed by atoms with Gasteiger partial charge in [0.1, 0.15) is 0 Å². The zero-order valence-corrected chi connectivity index (χ0v) is 12.6. The van der Waals surface area contributed by atoms with E-state index in [1.54, 1.807) is 17.0 Å². The highest BCUT2D eigenvalue weighted by Gasteiger charge is 2.44. The Morgan fingerprint density at radius 1 is 1.27 bits per heavy atom. The number of likely N-dealkylation sites (tertiary alicyclic amines) is 1. The number of carbonyl (C=O) groups excluding carboxylic acids is 2.